The van der Waals surface area contributed by atoms with E-state index in [2.05, 4.69) is 16.0 Å². The molecule has 1 N–H and O–H groups in total. The lowest BCUT2D eigenvalue weighted by molar-refractivity contribution is 0.0519. The van der Waals surface area contributed by atoms with E-state index in [4.69, 9.17) is 9.47 Å². The minimum Gasteiger partial charge on any atom is -0.461 e. The third-order valence-electron chi connectivity index (χ3n) is 3.57. The van der Waals surface area contributed by atoms with Gasteiger partial charge in [-0.3, -0.25) is 0 Å². The Hall–Kier alpha value is -1.85. The first-order chi connectivity index (χ1) is 10.6. The number of aromatic nitrogens is 1. The highest BCUT2D eigenvalue weighted by molar-refractivity contribution is 5.98. The number of carbonyl (C=O) groups excluding carboxylic acids is 1. The van der Waals surface area contributed by atoms with E-state index in [1.165, 1.54) is 0 Å². The first kappa shape index (κ1) is 16.5. The fourth-order valence-corrected chi connectivity index (χ4v) is 2.52. The molecule has 0 atom stereocenters. The van der Waals surface area contributed by atoms with Gasteiger partial charge in [0.15, 0.2) is 0 Å². The van der Waals surface area contributed by atoms with Gasteiger partial charge >= 0.3 is 5.97 Å². The third-order valence-corrected chi connectivity index (χ3v) is 3.57. The highest BCUT2D eigenvalue weighted by Gasteiger charge is 2.19. The average Bonchev–Trinajstić information content (AvgIpc) is 2.84. The molecular weight excluding hydrogens is 280 g/mol. The van der Waals surface area contributed by atoms with E-state index in [-0.39, 0.29) is 5.97 Å². The number of likely N-dealkylation sites (N-methyl/N-ethyl adjacent to an activating group) is 1. The predicted octanol–water partition coefficient (Wildman–Crippen LogP) is 2.60. The summed E-state index contributed by atoms with van der Waals surface area (Å²) in [4.78, 5) is 17.5. The highest BCUT2D eigenvalue weighted by Crippen LogP contribution is 2.25. The lowest BCUT2D eigenvalue weighted by Crippen LogP contribution is -2.17. The van der Waals surface area contributed by atoms with E-state index in [1.54, 1.807) is 7.11 Å². The summed E-state index contributed by atoms with van der Waals surface area (Å²) in [6.45, 7) is 3.61. The highest BCUT2D eigenvalue weighted by atomic mass is 16.5. The van der Waals surface area contributed by atoms with Gasteiger partial charge in [-0.25, -0.2) is 4.79 Å². The van der Waals surface area contributed by atoms with Crippen molar-refractivity contribution < 1.29 is 14.3 Å². The van der Waals surface area contributed by atoms with Crippen molar-refractivity contribution in [3.05, 3.63) is 35.0 Å². The molecule has 0 radical (unpaired) electrons. The molecule has 5 nitrogen and oxygen atoms in total. The van der Waals surface area contributed by atoms with Gasteiger partial charge in [-0.2, -0.15) is 0 Å². The van der Waals surface area contributed by atoms with Crippen molar-refractivity contribution in [2.45, 2.75) is 20.0 Å². The van der Waals surface area contributed by atoms with Crippen LogP contribution in [0, 0.1) is 0 Å². The van der Waals surface area contributed by atoms with Crippen LogP contribution in [-0.4, -0.2) is 50.2 Å². The zero-order valence-electron chi connectivity index (χ0n) is 13.7. The van der Waals surface area contributed by atoms with Crippen molar-refractivity contribution >= 4 is 16.9 Å². The smallest absolute Gasteiger partial charge is 0.355 e. The Morgan fingerprint density at radius 2 is 2.09 bits per heavy atom. The molecule has 0 aliphatic rings. The van der Waals surface area contributed by atoms with Crippen LogP contribution in [-0.2, 0) is 22.5 Å². The van der Waals surface area contributed by atoms with E-state index in [0.717, 1.165) is 35.0 Å². The molecule has 0 saturated carbocycles. The number of methoxy groups -OCH3 is 1. The van der Waals surface area contributed by atoms with Gasteiger partial charge in [0.05, 0.1) is 13.2 Å². The number of rotatable bonds is 7. The van der Waals surface area contributed by atoms with Gasteiger partial charge in [-0.05, 0) is 50.7 Å². The first-order valence-corrected chi connectivity index (χ1v) is 7.51. The maximum absolute atomic E-state index is 12.2. The largest absolute Gasteiger partial charge is 0.461 e. The van der Waals surface area contributed by atoms with Crippen molar-refractivity contribution in [2.24, 2.45) is 0 Å². The Balaban J connectivity index is 2.47. The van der Waals surface area contributed by atoms with E-state index in [0.29, 0.717) is 18.9 Å². The summed E-state index contributed by atoms with van der Waals surface area (Å²) in [5, 5.41) is 1.07. The van der Waals surface area contributed by atoms with Crippen LogP contribution in [0.5, 0.6) is 0 Å². The Morgan fingerprint density at radius 1 is 1.32 bits per heavy atom. The zero-order chi connectivity index (χ0) is 16.1. The van der Waals surface area contributed by atoms with Gasteiger partial charge in [0.1, 0.15) is 5.69 Å². The molecule has 5 heteroatoms. The van der Waals surface area contributed by atoms with E-state index < -0.39 is 0 Å². The molecule has 22 heavy (non-hydrogen) atoms. The van der Waals surface area contributed by atoms with Crippen LogP contribution in [0.15, 0.2) is 18.2 Å². The zero-order valence-corrected chi connectivity index (χ0v) is 13.7. The molecule has 0 fully saturated rings. The summed E-state index contributed by atoms with van der Waals surface area (Å²) in [6.07, 6.45) is 0.789. The van der Waals surface area contributed by atoms with Gasteiger partial charge in [0.25, 0.3) is 0 Å². The number of H-pyrrole nitrogens is 1. The molecule has 120 valence electrons. The molecule has 0 bridgehead atoms. The summed E-state index contributed by atoms with van der Waals surface area (Å²) in [5.74, 6) is -0.291. The number of fused-ring (bicyclic) bond motifs is 1. The van der Waals surface area contributed by atoms with Crippen LogP contribution in [0.3, 0.4) is 0 Å². The summed E-state index contributed by atoms with van der Waals surface area (Å²) in [5.41, 5.74) is 3.63. The molecule has 0 saturated heterocycles. The van der Waals surface area contributed by atoms with Crippen molar-refractivity contribution in [3.63, 3.8) is 0 Å². The predicted molar refractivity (Wildman–Crippen MR) is 87.2 cm³/mol. The third kappa shape index (κ3) is 3.67. The van der Waals surface area contributed by atoms with Crippen LogP contribution < -0.4 is 0 Å². The molecule has 0 amide bonds. The maximum atomic E-state index is 12.2. The van der Waals surface area contributed by atoms with Crippen LogP contribution in [0.2, 0.25) is 0 Å². The lowest BCUT2D eigenvalue weighted by atomic mass is 10.0. The minimum absolute atomic E-state index is 0.291. The topological polar surface area (TPSA) is 54.6 Å². The van der Waals surface area contributed by atoms with Gasteiger partial charge in [0, 0.05) is 24.6 Å². The number of ether oxygens (including phenoxy) is 2. The number of aromatic amines is 1. The van der Waals surface area contributed by atoms with Gasteiger partial charge < -0.3 is 19.4 Å². The molecule has 1 heterocycles. The van der Waals surface area contributed by atoms with Crippen LogP contribution in [0.25, 0.3) is 10.9 Å². The normalized spacial score (nSPS) is 11.3. The second-order valence-electron chi connectivity index (χ2n) is 5.57. The van der Waals surface area contributed by atoms with Crippen molar-refractivity contribution in [1.29, 1.82) is 0 Å². The molecule has 2 rings (SSSR count). The average molecular weight is 304 g/mol. The molecule has 0 aliphatic heterocycles. The van der Waals surface area contributed by atoms with E-state index in [9.17, 15) is 4.79 Å². The Morgan fingerprint density at radius 3 is 2.73 bits per heavy atom. The molecule has 1 aromatic carbocycles. The van der Waals surface area contributed by atoms with Crippen molar-refractivity contribution in [1.82, 2.24) is 9.88 Å². The first-order valence-electron chi connectivity index (χ1n) is 7.51. The molecule has 1 aromatic heterocycles. The molecule has 2 aromatic rings. The summed E-state index contributed by atoms with van der Waals surface area (Å²) >= 11 is 0. The second-order valence-corrected chi connectivity index (χ2v) is 5.57. The van der Waals surface area contributed by atoms with Crippen LogP contribution in [0.4, 0.5) is 0 Å². The lowest BCUT2D eigenvalue weighted by Gasteiger charge is -2.10. The monoisotopic (exact) mass is 304 g/mol. The number of nitrogens with zero attached hydrogens (tertiary/aromatic N) is 1. The fourth-order valence-electron chi connectivity index (χ4n) is 2.52. The quantitative estimate of drug-likeness (QED) is 0.799. The number of hydrogen-bond acceptors (Lipinski definition) is 4. The Labute approximate surface area is 131 Å². The van der Waals surface area contributed by atoms with Crippen molar-refractivity contribution in [3.8, 4) is 0 Å². The summed E-state index contributed by atoms with van der Waals surface area (Å²) in [6, 6.07) is 6.08. The number of benzene rings is 1. The fraction of sp³-hybridized carbons (Fsp3) is 0.471. The van der Waals surface area contributed by atoms with E-state index >= 15 is 0 Å². The summed E-state index contributed by atoms with van der Waals surface area (Å²) < 4.78 is 10.4. The number of hydrogen-bond donors (Lipinski definition) is 1. The minimum atomic E-state index is -0.291. The van der Waals surface area contributed by atoms with Gasteiger partial charge in [0.2, 0.25) is 0 Å². The van der Waals surface area contributed by atoms with E-state index in [1.807, 2.05) is 33.2 Å². The maximum Gasteiger partial charge on any atom is 0.355 e. The van der Waals surface area contributed by atoms with Crippen LogP contribution >= 0.6 is 0 Å². The SMILES string of the molecule is CCOC(=O)c1[nH]c2ccc(COC)cc2c1CCN(C)C. The molecule has 0 unspecified atom stereocenters. The van der Waals surface area contributed by atoms with Gasteiger partial charge in [-0.1, -0.05) is 6.07 Å². The Bertz CT molecular complexity index is 647. The number of nitrogens with one attached hydrogen (secondary N) is 1. The van der Waals surface area contributed by atoms with Crippen molar-refractivity contribution in [2.75, 3.05) is 34.4 Å². The standard InChI is InChI=1S/C17H24N2O3/c1-5-22-17(20)16-13(8-9-19(2)3)14-10-12(11-21-4)6-7-15(14)18-16/h6-7,10,18H,5,8-9,11H2,1-4H3. The molecular formula is C17H24N2O3. The van der Waals surface area contributed by atoms with Crippen LogP contribution in [0.1, 0.15) is 28.5 Å². The number of carbonyl (C=O) groups is 1. The Kier molecular flexibility index (Phi) is 5.57. The van der Waals surface area contributed by atoms with Gasteiger partial charge in [-0.15, -0.1) is 0 Å². The number of esters is 1. The summed E-state index contributed by atoms with van der Waals surface area (Å²) in [7, 11) is 5.72. The second kappa shape index (κ2) is 7.42. The molecule has 0 spiro atoms. The molecule has 0 aliphatic carbocycles.